The van der Waals surface area contributed by atoms with Crippen molar-refractivity contribution in [2.24, 2.45) is 0 Å². The molecule has 0 aliphatic carbocycles. The van der Waals surface area contributed by atoms with E-state index in [-0.39, 0.29) is 0 Å². The zero-order valence-corrected chi connectivity index (χ0v) is 18.9. The number of aromatic nitrogens is 2. The van der Waals surface area contributed by atoms with E-state index >= 15 is 0 Å². The van der Waals surface area contributed by atoms with Gasteiger partial charge in [-0.2, -0.15) is 0 Å². The van der Waals surface area contributed by atoms with Crippen LogP contribution in [0.25, 0.3) is 39.3 Å². The highest BCUT2D eigenvalue weighted by atomic mass is 79.9. The molecule has 0 radical (unpaired) electrons. The average molecular weight is 459 g/mol. The number of halogens is 1. The van der Waals surface area contributed by atoms with Crippen molar-refractivity contribution in [1.82, 2.24) is 9.55 Å². The van der Waals surface area contributed by atoms with E-state index in [0.717, 1.165) is 32.4 Å². The minimum atomic E-state index is 0.538. The van der Waals surface area contributed by atoms with Crippen LogP contribution < -0.4 is 0 Å². The van der Waals surface area contributed by atoms with Crippen LogP contribution in [0.2, 0.25) is 0 Å². The Hall–Kier alpha value is -3.11. The van der Waals surface area contributed by atoms with Gasteiger partial charge in [0, 0.05) is 27.9 Å². The molecule has 2 heterocycles. The molecule has 0 bridgehead atoms. The standard InChI is InChI=1S/C26H23BrN2O/c1-5-6-7-10-17(2)26-28-23-16-20(13-14-25(23)30-26)29-19(4)22(15-18(3)27)21-11-8-9-12-24(21)29/h5-16H,2H2,1,3-4H3/b6-5-,10-7-,18-15+. The summed E-state index contributed by atoms with van der Waals surface area (Å²) in [6, 6.07) is 14.6. The molecule has 4 aromatic rings. The maximum Gasteiger partial charge on any atom is 0.226 e. The van der Waals surface area contributed by atoms with E-state index in [2.05, 4.69) is 81.5 Å². The Morgan fingerprint density at radius 3 is 2.73 bits per heavy atom. The number of oxazole rings is 1. The molecule has 0 aliphatic heterocycles. The maximum atomic E-state index is 5.92. The highest BCUT2D eigenvalue weighted by molar-refractivity contribution is 9.11. The van der Waals surface area contributed by atoms with Gasteiger partial charge in [-0.25, -0.2) is 4.98 Å². The van der Waals surface area contributed by atoms with Gasteiger partial charge >= 0.3 is 0 Å². The molecule has 0 spiro atoms. The number of hydrogen-bond donors (Lipinski definition) is 0. The summed E-state index contributed by atoms with van der Waals surface area (Å²) in [5.41, 5.74) is 6.91. The molecule has 150 valence electrons. The molecule has 0 aliphatic rings. The molecule has 30 heavy (non-hydrogen) atoms. The van der Waals surface area contributed by atoms with Crippen molar-refractivity contribution in [1.29, 1.82) is 0 Å². The fourth-order valence-corrected chi connectivity index (χ4v) is 3.88. The van der Waals surface area contributed by atoms with Gasteiger partial charge in [0.05, 0.1) is 5.52 Å². The third kappa shape index (κ3) is 3.71. The highest BCUT2D eigenvalue weighted by Gasteiger charge is 2.15. The summed E-state index contributed by atoms with van der Waals surface area (Å²) in [5.74, 6) is 0.538. The molecule has 0 unspecified atom stereocenters. The van der Waals surface area contributed by atoms with Crippen LogP contribution >= 0.6 is 15.9 Å². The zero-order valence-electron chi connectivity index (χ0n) is 17.3. The molecule has 0 atom stereocenters. The van der Waals surface area contributed by atoms with Gasteiger partial charge in [-0.15, -0.1) is 0 Å². The molecule has 0 fully saturated rings. The highest BCUT2D eigenvalue weighted by Crippen LogP contribution is 2.32. The molecule has 0 N–H and O–H groups in total. The fraction of sp³-hybridized carbons (Fsp3) is 0.115. The number of para-hydroxylation sites is 1. The lowest BCUT2D eigenvalue weighted by Crippen LogP contribution is -1.96. The second-order valence-electron chi connectivity index (χ2n) is 7.16. The molecule has 3 nitrogen and oxygen atoms in total. The fourth-order valence-electron chi connectivity index (χ4n) is 3.65. The smallest absolute Gasteiger partial charge is 0.226 e. The number of rotatable bonds is 5. The summed E-state index contributed by atoms with van der Waals surface area (Å²) in [6.07, 6.45) is 9.91. The maximum absolute atomic E-state index is 5.92. The summed E-state index contributed by atoms with van der Waals surface area (Å²) < 4.78 is 9.28. The van der Waals surface area contributed by atoms with Gasteiger partial charge in [-0.05, 0) is 55.6 Å². The van der Waals surface area contributed by atoms with Crippen LogP contribution in [0.15, 0.2) is 82.2 Å². The Morgan fingerprint density at radius 1 is 1.17 bits per heavy atom. The first-order valence-electron chi connectivity index (χ1n) is 9.83. The molecular weight excluding hydrogens is 436 g/mol. The number of allylic oxidation sites excluding steroid dienone is 6. The van der Waals surface area contributed by atoms with Crippen molar-refractivity contribution in [2.75, 3.05) is 0 Å². The van der Waals surface area contributed by atoms with Crippen molar-refractivity contribution in [3.8, 4) is 5.69 Å². The summed E-state index contributed by atoms with van der Waals surface area (Å²) in [6.45, 7) is 10.2. The van der Waals surface area contributed by atoms with E-state index in [0.29, 0.717) is 5.89 Å². The van der Waals surface area contributed by atoms with Crippen molar-refractivity contribution >= 4 is 49.6 Å². The SMILES string of the molecule is C=C(/C=C\C=C/C)c1nc2cc(-n3c(C)c(/C=C(\C)Br)c4ccccc43)ccc2o1. The Morgan fingerprint density at radius 2 is 1.97 bits per heavy atom. The van der Waals surface area contributed by atoms with Crippen LogP contribution in [-0.4, -0.2) is 9.55 Å². The van der Waals surface area contributed by atoms with E-state index in [4.69, 9.17) is 4.42 Å². The van der Waals surface area contributed by atoms with Crippen LogP contribution in [0, 0.1) is 6.92 Å². The van der Waals surface area contributed by atoms with Crippen LogP contribution in [0.4, 0.5) is 0 Å². The second-order valence-corrected chi connectivity index (χ2v) is 8.41. The van der Waals surface area contributed by atoms with Crippen molar-refractivity contribution in [2.45, 2.75) is 20.8 Å². The normalized spacial score (nSPS) is 12.7. The molecule has 4 rings (SSSR count). The molecule has 0 saturated carbocycles. The van der Waals surface area contributed by atoms with E-state index in [1.807, 2.05) is 44.2 Å². The Balaban J connectivity index is 1.84. The first kappa shape index (κ1) is 20.2. The van der Waals surface area contributed by atoms with E-state index in [1.165, 1.54) is 16.6 Å². The van der Waals surface area contributed by atoms with Gasteiger partial charge in [-0.3, -0.25) is 0 Å². The Bertz CT molecular complexity index is 1340. The van der Waals surface area contributed by atoms with Crippen LogP contribution in [0.5, 0.6) is 0 Å². The third-order valence-corrected chi connectivity index (χ3v) is 5.24. The lowest BCUT2D eigenvalue weighted by Gasteiger charge is -2.08. The largest absolute Gasteiger partial charge is 0.436 e. The van der Waals surface area contributed by atoms with E-state index < -0.39 is 0 Å². The monoisotopic (exact) mass is 458 g/mol. The number of benzene rings is 2. The van der Waals surface area contributed by atoms with Crippen LogP contribution in [-0.2, 0) is 0 Å². The van der Waals surface area contributed by atoms with E-state index in [1.54, 1.807) is 0 Å². The van der Waals surface area contributed by atoms with Gasteiger partial charge < -0.3 is 8.98 Å². The van der Waals surface area contributed by atoms with E-state index in [9.17, 15) is 0 Å². The first-order valence-corrected chi connectivity index (χ1v) is 10.6. The van der Waals surface area contributed by atoms with Gasteiger partial charge in [0.2, 0.25) is 5.89 Å². The number of hydrogen-bond acceptors (Lipinski definition) is 2. The Labute approximate surface area is 184 Å². The number of nitrogens with zero attached hydrogens (tertiary/aromatic N) is 2. The van der Waals surface area contributed by atoms with Gasteiger partial charge in [0.1, 0.15) is 5.52 Å². The summed E-state index contributed by atoms with van der Waals surface area (Å²) in [4.78, 5) is 4.67. The molecule has 4 heteroatoms. The molecular formula is C26H23BrN2O. The third-order valence-electron chi connectivity index (χ3n) is 5.01. The summed E-state index contributed by atoms with van der Waals surface area (Å²) in [5, 5.41) is 1.22. The molecule has 0 saturated heterocycles. The minimum absolute atomic E-state index is 0.538. The van der Waals surface area contributed by atoms with Gasteiger partial charge in [0.15, 0.2) is 5.58 Å². The van der Waals surface area contributed by atoms with Crippen LogP contribution in [0.1, 0.15) is 31.0 Å². The predicted molar refractivity (Wildman–Crippen MR) is 131 cm³/mol. The Kier molecular flexibility index (Phi) is 5.60. The predicted octanol–water partition coefficient (Wildman–Crippen LogP) is 7.98. The average Bonchev–Trinajstić information content (AvgIpc) is 3.27. The molecule has 2 aromatic heterocycles. The number of fused-ring (bicyclic) bond motifs is 2. The first-order chi connectivity index (χ1) is 14.5. The quantitative estimate of drug-likeness (QED) is 0.283. The molecule has 2 aromatic carbocycles. The molecule has 0 amide bonds. The van der Waals surface area contributed by atoms with Crippen molar-refractivity contribution in [3.63, 3.8) is 0 Å². The van der Waals surface area contributed by atoms with Crippen molar-refractivity contribution < 1.29 is 4.42 Å². The van der Waals surface area contributed by atoms with Gasteiger partial charge in [-0.1, -0.05) is 65.0 Å². The lowest BCUT2D eigenvalue weighted by atomic mass is 10.1. The van der Waals surface area contributed by atoms with Crippen molar-refractivity contribution in [3.05, 3.63) is 95.0 Å². The second kappa shape index (κ2) is 8.33. The summed E-state index contributed by atoms with van der Waals surface area (Å²) in [7, 11) is 0. The zero-order chi connectivity index (χ0) is 21.3. The minimum Gasteiger partial charge on any atom is -0.436 e. The topological polar surface area (TPSA) is 31.0 Å². The lowest BCUT2D eigenvalue weighted by molar-refractivity contribution is 0.586. The van der Waals surface area contributed by atoms with Crippen LogP contribution in [0.3, 0.4) is 0 Å². The van der Waals surface area contributed by atoms with Gasteiger partial charge in [0.25, 0.3) is 0 Å². The summed E-state index contributed by atoms with van der Waals surface area (Å²) >= 11 is 3.58.